The van der Waals surface area contributed by atoms with E-state index < -0.39 is 11.7 Å². The molecule has 112 valence electrons. The van der Waals surface area contributed by atoms with E-state index in [9.17, 15) is 13.2 Å². The summed E-state index contributed by atoms with van der Waals surface area (Å²) in [5.74, 6) is 0.290. The van der Waals surface area contributed by atoms with Crippen molar-refractivity contribution in [2.24, 2.45) is 0 Å². The molecule has 1 heterocycles. The third-order valence-electron chi connectivity index (χ3n) is 3.08. The van der Waals surface area contributed by atoms with Crippen molar-refractivity contribution < 1.29 is 17.9 Å². The number of pyridine rings is 1. The first-order valence-electron chi connectivity index (χ1n) is 6.17. The summed E-state index contributed by atoms with van der Waals surface area (Å²) < 4.78 is 43.7. The van der Waals surface area contributed by atoms with E-state index in [1.807, 2.05) is 26.8 Å². The zero-order valence-corrected chi connectivity index (χ0v) is 12.4. The highest BCUT2D eigenvalue weighted by molar-refractivity contribution is 6.29. The number of ether oxygens (including phenoxy) is 1. The Balaban J connectivity index is 2.43. The van der Waals surface area contributed by atoms with Crippen molar-refractivity contribution in [3.8, 4) is 11.6 Å². The normalized spacial score (nSPS) is 11.6. The Morgan fingerprint density at radius 2 is 1.71 bits per heavy atom. The van der Waals surface area contributed by atoms with Crippen LogP contribution in [0.2, 0.25) is 5.15 Å². The SMILES string of the molecule is Cc1cc(C)c(C)c(Oc2cc(C(F)(F)F)cc(Cl)n2)c1. The standard InChI is InChI=1S/C15H13ClF3NO/c1-8-4-9(2)10(3)12(5-8)21-14-7-11(15(17,18)19)6-13(16)20-14/h4-7H,1-3H3. The average Bonchev–Trinajstić information content (AvgIpc) is 2.33. The van der Waals surface area contributed by atoms with Crippen LogP contribution in [0, 0.1) is 20.8 Å². The van der Waals surface area contributed by atoms with Gasteiger partial charge in [0.25, 0.3) is 0 Å². The van der Waals surface area contributed by atoms with Crippen molar-refractivity contribution >= 4 is 11.6 Å². The summed E-state index contributed by atoms with van der Waals surface area (Å²) >= 11 is 5.63. The van der Waals surface area contributed by atoms with Crippen LogP contribution in [0.4, 0.5) is 13.2 Å². The Hall–Kier alpha value is -1.75. The van der Waals surface area contributed by atoms with E-state index in [4.69, 9.17) is 16.3 Å². The zero-order valence-electron chi connectivity index (χ0n) is 11.7. The van der Waals surface area contributed by atoms with Crippen molar-refractivity contribution in [2.75, 3.05) is 0 Å². The van der Waals surface area contributed by atoms with Gasteiger partial charge in [0.2, 0.25) is 5.88 Å². The lowest BCUT2D eigenvalue weighted by Gasteiger charge is -2.13. The van der Waals surface area contributed by atoms with Gasteiger partial charge in [-0.3, -0.25) is 0 Å². The second-order valence-electron chi connectivity index (χ2n) is 4.82. The first-order chi connectivity index (χ1) is 9.66. The fourth-order valence-electron chi connectivity index (χ4n) is 1.91. The molecule has 2 rings (SSSR count). The maximum atomic E-state index is 12.8. The van der Waals surface area contributed by atoms with Gasteiger partial charge in [0, 0.05) is 6.07 Å². The minimum absolute atomic E-state index is 0.178. The second-order valence-corrected chi connectivity index (χ2v) is 5.21. The molecule has 0 amide bonds. The van der Waals surface area contributed by atoms with Crippen LogP contribution >= 0.6 is 11.6 Å². The first kappa shape index (κ1) is 15.6. The van der Waals surface area contributed by atoms with E-state index in [0.717, 1.165) is 28.8 Å². The number of aromatic nitrogens is 1. The van der Waals surface area contributed by atoms with Crippen LogP contribution in [0.5, 0.6) is 11.6 Å². The highest BCUT2D eigenvalue weighted by atomic mass is 35.5. The van der Waals surface area contributed by atoms with Crippen LogP contribution < -0.4 is 4.74 Å². The predicted octanol–water partition coefficient (Wildman–Crippen LogP) is 5.47. The van der Waals surface area contributed by atoms with Gasteiger partial charge in [-0.25, -0.2) is 4.98 Å². The van der Waals surface area contributed by atoms with E-state index in [2.05, 4.69) is 4.98 Å². The quantitative estimate of drug-likeness (QED) is 0.685. The minimum atomic E-state index is -4.50. The molecule has 0 N–H and O–H groups in total. The Kier molecular flexibility index (Phi) is 4.14. The molecule has 1 aromatic carbocycles. The van der Waals surface area contributed by atoms with Crippen LogP contribution in [0.3, 0.4) is 0 Å². The number of benzene rings is 1. The van der Waals surface area contributed by atoms with E-state index in [0.29, 0.717) is 5.75 Å². The molecule has 0 fully saturated rings. The lowest BCUT2D eigenvalue weighted by Crippen LogP contribution is -2.06. The fraction of sp³-hybridized carbons (Fsp3) is 0.267. The number of alkyl halides is 3. The number of nitrogens with zero attached hydrogens (tertiary/aromatic N) is 1. The van der Waals surface area contributed by atoms with Gasteiger partial charge in [0.15, 0.2) is 0 Å². The average molecular weight is 316 g/mol. The summed E-state index contributed by atoms with van der Waals surface area (Å²) in [5, 5.41) is -0.262. The fourth-order valence-corrected chi connectivity index (χ4v) is 2.11. The summed E-state index contributed by atoms with van der Waals surface area (Å²) in [6.45, 7) is 5.62. The summed E-state index contributed by atoms with van der Waals surface area (Å²) in [7, 11) is 0. The molecule has 6 heteroatoms. The van der Waals surface area contributed by atoms with Gasteiger partial charge in [-0.2, -0.15) is 13.2 Å². The summed E-state index contributed by atoms with van der Waals surface area (Å²) in [6.07, 6.45) is -4.50. The van der Waals surface area contributed by atoms with E-state index in [-0.39, 0.29) is 11.0 Å². The van der Waals surface area contributed by atoms with Gasteiger partial charge in [-0.05, 0) is 49.6 Å². The Morgan fingerprint density at radius 3 is 2.33 bits per heavy atom. The molecule has 0 spiro atoms. The molecular formula is C15H13ClF3NO. The highest BCUT2D eigenvalue weighted by Gasteiger charge is 2.32. The number of hydrogen-bond donors (Lipinski definition) is 0. The molecule has 2 nitrogen and oxygen atoms in total. The van der Waals surface area contributed by atoms with Crippen molar-refractivity contribution in [1.29, 1.82) is 0 Å². The van der Waals surface area contributed by atoms with Gasteiger partial charge >= 0.3 is 6.18 Å². The minimum Gasteiger partial charge on any atom is -0.439 e. The number of hydrogen-bond acceptors (Lipinski definition) is 2. The molecule has 0 unspecified atom stereocenters. The Bertz CT molecular complexity index is 683. The van der Waals surface area contributed by atoms with Crippen LogP contribution in [-0.2, 0) is 6.18 Å². The summed E-state index contributed by atoms with van der Waals surface area (Å²) in [6, 6.07) is 5.32. The highest BCUT2D eigenvalue weighted by Crippen LogP contribution is 2.34. The lowest BCUT2D eigenvalue weighted by molar-refractivity contribution is -0.137. The predicted molar refractivity (Wildman–Crippen MR) is 75.0 cm³/mol. The lowest BCUT2D eigenvalue weighted by atomic mass is 10.1. The number of rotatable bonds is 2. The van der Waals surface area contributed by atoms with Crippen LogP contribution in [-0.4, -0.2) is 4.98 Å². The molecule has 0 saturated carbocycles. The van der Waals surface area contributed by atoms with Crippen molar-refractivity contribution in [2.45, 2.75) is 26.9 Å². The first-order valence-corrected chi connectivity index (χ1v) is 6.55. The van der Waals surface area contributed by atoms with Crippen molar-refractivity contribution in [3.05, 3.63) is 51.7 Å². The topological polar surface area (TPSA) is 22.1 Å². The van der Waals surface area contributed by atoms with Crippen molar-refractivity contribution in [3.63, 3.8) is 0 Å². The molecule has 0 saturated heterocycles. The second kappa shape index (κ2) is 5.56. The maximum absolute atomic E-state index is 12.8. The molecule has 1 aromatic heterocycles. The smallest absolute Gasteiger partial charge is 0.416 e. The molecule has 0 bridgehead atoms. The number of aryl methyl sites for hydroxylation is 2. The molecule has 0 atom stereocenters. The van der Waals surface area contributed by atoms with Gasteiger partial charge < -0.3 is 4.74 Å². The van der Waals surface area contributed by atoms with Crippen LogP contribution in [0.1, 0.15) is 22.3 Å². The third-order valence-corrected chi connectivity index (χ3v) is 3.27. The maximum Gasteiger partial charge on any atom is 0.416 e. The van der Waals surface area contributed by atoms with Gasteiger partial charge in [0.05, 0.1) is 5.56 Å². The summed E-state index contributed by atoms with van der Waals surface area (Å²) in [4.78, 5) is 3.79. The molecule has 0 aliphatic heterocycles. The monoisotopic (exact) mass is 315 g/mol. The largest absolute Gasteiger partial charge is 0.439 e. The Labute approximate surface area is 125 Å². The van der Waals surface area contributed by atoms with Gasteiger partial charge in [-0.15, -0.1) is 0 Å². The molecule has 0 aliphatic rings. The van der Waals surface area contributed by atoms with Crippen molar-refractivity contribution in [1.82, 2.24) is 4.98 Å². The molecular weight excluding hydrogens is 303 g/mol. The summed E-state index contributed by atoms with van der Waals surface area (Å²) in [5.41, 5.74) is 1.89. The van der Waals surface area contributed by atoms with Gasteiger partial charge in [0.1, 0.15) is 10.9 Å². The molecule has 0 radical (unpaired) electrons. The number of halogens is 4. The zero-order chi connectivity index (χ0) is 15.8. The van der Waals surface area contributed by atoms with E-state index in [1.165, 1.54) is 0 Å². The van der Waals surface area contributed by atoms with E-state index >= 15 is 0 Å². The van der Waals surface area contributed by atoms with Gasteiger partial charge in [-0.1, -0.05) is 17.7 Å². The third kappa shape index (κ3) is 3.67. The van der Waals surface area contributed by atoms with Crippen LogP contribution in [0.15, 0.2) is 24.3 Å². The molecule has 0 aliphatic carbocycles. The Morgan fingerprint density at radius 1 is 1.05 bits per heavy atom. The van der Waals surface area contributed by atoms with Crippen LogP contribution in [0.25, 0.3) is 0 Å². The molecule has 2 aromatic rings. The van der Waals surface area contributed by atoms with E-state index in [1.54, 1.807) is 6.07 Å². The molecule has 21 heavy (non-hydrogen) atoms.